The Kier molecular flexibility index (Phi) is 5.93. The van der Waals surface area contributed by atoms with Crippen molar-refractivity contribution in [3.05, 3.63) is 51.2 Å². The molecule has 0 amide bonds. The lowest BCUT2D eigenvalue weighted by atomic mass is 10.1. The molecule has 0 spiro atoms. The largest absolute Gasteiger partial charge is 0.494 e. The van der Waals surface area contributed by atoms with Crippen LogP contribution in [-0.4, -0.2) is 34.6 Å². The van der Waals surface area contributed by atoms with Crippen molar-refractivity contribution in [2.75, 3.05) is 19.8 Å². The van der Waals surface area contributed by atoms with Crippen LogP contribution in [0.3, 0.4) is 0 Å². The number of aromatic nitrogens is 2. The maximum atomic E-state index is 12.9. The van der Waals surface area contributed by atoms with E-state index in [4.69, 9.17) is 9.47 Å². The number of fused-ring (bicyclic) bond motifs is 1. The van der Waals surface area contributed by atoms with Crippen LogP contribution in [0.4, 0.5) is 13.2 Å². The van der Waals surface area contributed by atoms with E-state index in [1.54, 1.807) is 0 Å². The second-order valence-electron chi connectivity index (χ2n) is 6.43. The third-order valence-corrected chi connectivity index (χ3v) is 4.45. The number of nitrogens with zero attached hydrogens (tertiary/aromatic N) is 2. The Labute approximate surface area is 160 Å². The number of ether oxygens (including phenoxy) is 2. The highest BCUT2D eigenvalue weighted by molar-refractivity contribution is 5.40. The van der Waals surface area contributed by atoms with Gasteiger partial charge in [-0.05, 0) is 32.0 Å². The molecule has 0 bridgehead atoms. The Morgan fingerprint density at radius 2 is 1.96 bits per heavy atom. The first kappa shape index (κ1) is 20.2. The van der Waals surface area contributed by atoms with E-state index in [-0.39, 0.29) is 24.2 Å². The number of halogens is 3. The zero-order chi connectivity index (χ0) is 20.3. The maximum absolute atomic E-state index is 12.9. The minimum absolute atomic E-state index is 0.209. The molecule has 1 N–H and O–H groups in total. The van der Waals surface area contributed by atoms with Gasteiger partial charge in [-0.1, -0.05) is 0 Å². The molecule has 6 nitrogen and oxygen atoms in total. The predicted octanol–water partition coefficient (Wildman–Crippen LogP) is 3.14. The molecule has 0 atom stereocenters. The fourth-order valence-corrected chi connectivity index (χ4v) is 3.22. The molecule has 2 aromatic rings. The summed E-state index contributed by atoms with van der Waals surface area (Å²) in [5.74, 6) is 0.191. The summed E-state index contributed by atoms with van der Waals surface area (Å²) in [6.07, 6.45) is -4.39. The molecule has 0 unspecified atom stereocenters. The summed E-state index contributed by atoms with van der Waals surface area (Å²) in [5.41, 5.74) is 0.640. The van der Waals surface area contributed by atoms with Crippen molar-refractivity contribution >= 4 is 0 Å². The number of benzene rings is 1. The van der Waals surface area contributed by atoms with Gasteiger partial charge < -0.3 is 14.5 Å². The van der Waals surface area contributed by atoms with Crippen LogP contribution in [-0.2, 0) is 25.7 Å². The van der Waals surface area contributed by atoms with Gasteiger partial charge in [0.25, 0.3) is 5.56 Å². The molecule has 0 saturated heterocycles. The van der Waals surface area contributed by atoms with E-state index in [0.717, 1.165) is 11.3 Å². The number of hydrogen-bond acceptors (Lipinski definition) is 5. The number of alkyl halides is 3. The molecule has 9 heteroatoms. The Bertz CT molecular complexity index is 896. The summed E-state index contributed by atoms with van der Waals surface area (Å²) < 4.78 is 49.8. The molecule has 3 rings (SSSR count). The highest BCUT2D eigenvalue weighted by Crippen LogP contribution is 2.29. The molecule has 0 radical (unpaired) electrons. The van der Waals surface area contributed by atoms with Crippen LogP contribution in [0.2, 0.25) is 0 Å². The van der Waals surface area contributed by atoms with Crippen LogP contribution in [0.25, 0.3) is 0 Å². The Morgan fingerprint density at radius 1 is 1.21 bits per heavy atom. The van der Waals surface area contributed by atoms with Gasteiger partial charge in [-0.25, -0.2) is 4.98 Å². The van der Waals surface area contributed by atoms with Crippen LogP contribution >= 0.6 is 0 Å². The zero-order valence-corrected chi connectivity index (χ0v) is 15.7. The second-order valence-corrected chi connectivity index (χ2v) is 6.43. The number of aromatic amines is 1. The normalized spacial score (nSPS) is 14.6. The molecule has 1 aliphatic rings. The van der Waals surface area contributed by atoms with Gasteiger partial charge in [-0.2, -0.15) is 13.2 Å². The van der Waals surface area contributed by atoms with Crippen molar-refractivity contribution in [1.82, 2.24) is 14.9 Å². The van der Waals surface area contributed by atoms with E-state index in [1.807, 2.05) is 41.9 Å². The SMILES string of the molecule is CCOc1ccc(OCC)c(CN2CCc3nc(C(F)(F)F)[nH]c(=O)c3C2)c1. The van der Waals surface area contributed by atoms with Crippen LogP contribution in [0.15, 0.2) is 23.0 Å². The molecular formula is C19H22F3N3O3. The molecule has 1 aliphatic heterocycles. The maximum Gasteiger partial charge on any atom is 0.449 e. The van der Waals surface area contributed by atoms with Crippen LogP contribution in [0, 0.1) is 0 Å². The topological polar surface area (TPSA) is 67.5 Å². The van der Waals surface area contributed by atoms with Gasteiger partial charge in [0.05, 0.1) is 24.5 Å². The number of H-pyrrole nitrogens is 1. The zero-order valence-electron chi connectivity index (χ0n) is 15.7. The summed E-state index contributed by atoms with van der Waals surface area (Å²) in [7, 11) is 0. The van der Waals surface area contributed by atoms with E-state index in [0.29, 0.717) is 32.1 Å². The Hall–Kier alpha value is -2.55. The quantitative estimate of drug-likeness (QED) is 0.811. The van der Waals surface area contributed by atoms with Crippen molar-refractivity contribution in [1.29, 1.82) is 0 Å². The molecule has 28 heavy (non-hydrogen) atoms. The smallest absolute Gasteiger partial charge is 0.449 e. The van der Waals surface area contributed by atoms with E-state index in [1.165, 1.54) is 0 Å². The van der Waals surface area contributed by atoms with Crippen molar-refractivity contribution in [2.45, 2.75) is 39.5 Å². The fraction of sp³-hybridized carbons (Fsp3) is 0.474. The van der Waals surface area contributed by atoms with Gasteiger partial charge in [0, 0.05) is 31.6 Å². The third kappa shape index (κ3) is 4.46. The first-order valence-corrected chi connectivity index (χ1v) is 9.12. The first-order valence-electron chi connectivity index (χ1n) is 9.12. The standard InChI is InChI=1S/C19H22F3N3O3/c1-3-27-13-5-6-16(28-4-2)12(9-13)10-25-8-7-15-14(11-25)17(26)24-18(23-15)19(20,21)22/h5-6,9H,3-4,7-8,10-11H2,1-2H3,(H,23,24,26). The first-order chi connectivity index (χ1) is 13.3. The number of rotatable bonds is 6. The van der Waals surface area contributed by atoms with E-state index >= 15 is 0 Å². The monoisotopic (exact) mass is 397 g/mol. The lowest BCUT2D eigenvalue weighted by molar-refractivity contribution is -0.145. The summed E-state index contributed by atoms with van der Waals surface area (Å²) >= 11 is 0. The predicted molar refractivity (Wildman–Crippen MR) is 96.5 cm³/mol. The number of nitrogens with one attached hydrogen (secondary N) is 1. The molecular weight excluding hydrogens is 375 g/mol. The van der Waals surface area contributed by atoms with Crippen molar-refractivity contribution in [3.63, 3.8) is 0 Å². The summed E-state index contributed by atoms with van der Waals surface area (Å²) in [4.78, 5) is 19.6. The van der Waals surface area contributed by atoms with Gasteiger partial charge in [0.15, 0.2) is 0 Å². The molecule has 1 aromatic heterocycles. The number of hydrogen-bond donors (Lipinski definition) is 1. The minimum atomic E-state index is -4.67. The Balaban J connectivity index is 1.83. The third-order valence-electron chi connectivity index (χ3n) is 4.45. The Morgan fingerprint density at radius 3 is 2.64 bits per heavy atom. The minimum Gasteiger partial charge on any atom is -0.494 e. The van der Waals surface area contributed by atoms with Gasteiger partial charge in [0.2, 0.25) is 5.82 Å². The van der Waals surface area contributed by atoms with Gasteiger partial charge >= 0.3 is 6.18 Å². The van der Waals surface area contributed by atoms with Crippen LogP contribution in [0.5, 0.6) is 11.5 Å². The van der Waals surface area contributed by atoms with Crippen molar-refractivity contribution < 1.29 is 22.6 Å². The lowest BCUT2D eigenvalue weighted by Crippen LogP contribution is -2.36. The van der Waals surface area contributed by atoms with Gasteiger partial charge in [0.1, 0.15) is 11.5 Å². The van der Waals surface area contributed by atoms with Crippen molar-refractivity contribution in [3.8, 4) is 11.5 Å². The summed E-state index contributed by atoms with van der Waals surface area (Å²) in [6, 6.07) is 5.56. The van der Waals surface area contributed by atoms with E-state index in [9.17, 15) is 18.0 Å². The molecule has 0 fully saturated rings. The molecule has 0 saturated carbocycles. The molecule has 2 heterocycles. The van der Waals surface area contributed by atoms with Gasteiger partial charge in [-0.15, -0.1) is 0 Å². The van der Waals surface area contributed by atoms with Gasteiger partial charge in [-0.3, -0.25) is 9.69 Å². The van der Waals surface area contributed by atoms with Crippen LogP contribution < -0.4 is 15.0 Å². The molecule has 1 aromatic carbocycles. The molecule has 0 aliphatic carbocycles. The fourth-order valence-electron chi connectivity index (χ4n) is 3.22. The summed E-state index contributed by atoms with van der Waals surface area (Å²) in [6.45, 7) is 6.02. The average molecular weight is 397 g/mol. The van der Waals surface area contributed by atoms with Crippen molar-refractivity contribution in [2.24, 2.45) is 0 Å². The van der Waals surface area contributed by atoms with Crippen LogP contribution in [0.1, 0.15) is 36.5 Å². The van der Waals surface area contributed by atoms with E-state index < -0.39 is 17.6 Å². The second kappa shape index (κ2) is 8.22. The molecule has 152 valence electrons. The van der Waals surface area contributed by atoms with E-state index in [2.05, 4.69) is 4.98 Å². The average Bonchev–Trinajstić information content (AvgIpc) is 2.64. The highest BCUT2D eigenvalue weighted by atomic mass is 19.4. The lowest BCUT2D eigenvalue weighted by Gasteiger charge is -2.28. The highest BCUT2D eigenvalue weighted by Gasteiger charge is 2.36. The summed E-state index contributed by atoms with van der Waals surface area (Å²) in [5, 5.41) is 0.